The summed E-state index contributed by atoms with van der Waals surface area (Å²) in [5.41, 5.74) is 0.743. The average molecular weight is 282 g/mol. The van der Waals surface area contributed by atoms with Crippen molar-refractivity contribution in [2.75, 3.05) is 7.11 Å². The Kier molecular flexibility index (Phi) is 2.78. The molecule has 0 aliphatic heterocycles. The third kappa shape index (κ3) is 1.74. The molecule has 0 amide bonds. The second-order valence-electron chi connectivity index (χ2n) is 3.15. The molecule has 0 spiro atoms. The number of hydrogen-bond acceptors (Lipinski definition) is 3. The molecule has 0 saturated carbocycles. The first-order valence-corrected chi connectivity index (χ1v) is 5.29. The van der Waals surface area contributed by atoms with Crippen molar-refractivity contribution >= 4 is 32.8 Å². The number of hydrogen-bond donors (Lipinski definition) is 1. The lowest BCUT2D eigenvalue weighted by atomic mass is 10.1. The van der Waals surface area contributed by atoms with E-state index in [0.29, 0.717) is 21.3 Å². The first kappa shape index (κ1) is 10.9. The lowest BCUT2D eigenvalue weighted by Crippen LogP contribution is -2.00. The third-order valence-corrected chi connectivity index (χ3v) is 2.63. The number of fused-ring (bicyclic) bond motifs is 1. The van der Waals surface area contributed by atoms with Crippen LogP contribution in [-0.4, -0.2) is 23.2 Å². The Morgan fingerprint density at radius 1 is 1.50 bits per heavy atom. The Hall–Kier alpha value is -1.62. The van der Waals surface area contributed by atoms with Crippen LogP contribution in [0.3, 0.4) is 0 Å². The highest BCUT2D eigenvalue weighted by molar-refractivity contribution is 9.10. The van der Waals surface area contributed by atoms with E-state index in [0.717, 1.165) is 0 Å². The van der Waals surface area contributed by atoms with E-state index in [1.54, 1.807) is 18.2 Å². The fraction of sp³-hybridized carbons (Fsp3) is 0.0909. The lowest BCUT2D eigenvalue weighted by molar-refractivity contribution is 0.0699. The molecule has 0 aliphatic rings. The van der Waals surface area contributed by atoms with Crippen LogP contribution in [0.5, 0.6) is 5.75 Å². The van der Waals surface area contributed by atoms with Crippen molar-refractivity contribution in [1.29, 1.82) is 0 Å². The average Bonchev–Trinajstić information content (AvgIpc) is 2.27. The predicted octanol–water partition coefficient (Wildman–Crippen LogP) is 2.70. The molecule has 1 heterocycles. The molecule has 0 unspecified atom stereocenters. The number of halogens is 1. The summed E-state index contributed by atoms with van der Waals surface area (Å²) in [7, 11) is 1.53. The van der Waals surface area contributed by atoms with Gasteiger partial charge in [-0.3, -0.25) is 0 Å². The Morgan fingerprint density at radius 2 is 2.25 bits per heavy atom. The number of pyridine rings is 1. The molecule has 5 heteroatoms. The molecule has 1 aromatic heterocycles. The topological polar surface area (TPSA) is 59.4 Å². The number of carboxylic acids is 1. The molecule has 0 atom stereocenters. The Balaban J connectivity index is 2.88. The fourth-order valence-corrected chi connectivity index (χ4v) is 1.94. The Labute approximate surface area is 100.0 Å². The van der Waals surface area contributed by atoms with Gasteiger partial charge in [0.15, 0.2) is 0 Å². The van der Waals surface area contributed by atoms with Crippen molar-refractivity contribution in [3.05, 3.63) is 34.4 Å². The molecule has 2 rings (SSSR count). The van der Waals surface area contributed by atoms with Crippen molar-refractivity contribution < 1.29 is 14.6 Å². The summed E-state index contributed by atoms with van der Waals surface area (Å²) in [6, 6.07) is 6.67. The monoisotopic (exact) mass is 281 g/mol. The van der Waals surface area contributed by atoms with Gasteiger partial charge in [0.2, 0.25) is 0 Å². The van der Waals surface area contributed by atoms with Gasteiger partial charge in [0.1, 0.15) is 15.9 Å². The van der Waals surface area contributed by atoms with Gasteiger partial charge in [0.25, 0.3) is 0 Å². The molecular weight excluding hydrogens is 274 g/mol. The minimum atomic E-state index is -0.985. The molecule has 1 N–H and O–H groups in total. The minimum Gasteiger partial charge on any atom is -0.494 e. The zero-order chi connectivity index (χ0) is 11.7. The molecule has 0 bridgehead atoms. The number of aromatic carboxylic acids is 1. The van der Waals surface area contributed by atoms with Crippen molar-refractivity contribution in [2.24, 2.45) is 0 Å². The van der Waals surface area contributed by atoms with Gasteiger partial charge in [-0.2, -0.15) is 0 Å². The van der Waals surface area contributed by atoms with Crippen LogP contribution in [0.4, 0.5) is 0 Å². The van der Waals surface area contributed by atoms with Crippen molar-refractivity contribution in [2.45, 2.75) is 0 Å². The van der Waals surface area contributed by atoms with Gasteiger partial charge in [0, 0.05) is 5.39 Å². The third-order valence-electron chi connectivity index (χ3n) is 2.22. The summed E-state index contributed by atoms with van der Waals surface area (Å²) < 4.78 is 5.61. The summed E-state index contributed by atoms with van der Waals surface area (Å²) in [4.78, 5) is 15.3. The van der Waals surface area contributed by atoms with E-state index < -0.39 is 5.97 Å². The summed E-state index contributed by atoms with van der Waals surface area (Å²) in [6.45, 7) is 0. The number of benzene rings is 1. The van der Waals surface area contributed by atoms with Gasteiger partial charge < -0.3 is 9.84 Å². The number of para-hydroxylation sites is 1. The Morgan fingerprint density at radius 3 is 2.88 bits per heavy atom. The van der Waals surface area contributed by atoms with E-state index in [4.69, 9.17) is 9.84 Å². The molecule has 0 fully saturated rings. The maximum Gasteiger partial charge on any atom is 0.336 e. The smallest absolute Gasteiger partial charge is 0.336 e. The van der Waals surface area contributed by atoms with Gasteiger partial charge in [-0.25, -0.2) is 9.78 Å². The van der Waals surface area contributed by atoms with Crippen LogP contribution in [0.1, 0.15) is 10.4 Å². The highest BCUT2D eigenvalue weighted by atomic mass is 79.9. The number of carbonyl (C=O) groups is 1. The first-order chi connectivity index (χ1) is 7.63. The fourth-order valence-electron chi connectivity index (χ4n) is 1.53. The Bertz CT molecular complexity index is 568. The van der Waals surface area contributed by atoms with Gasteiger partial charge in [-0.05, 0) is 28.1 Å². The summed E-state index contributed by atoms with van der Waals surface area (Å²) >= 11 is 3.18. The predicted molar refractivity (Wildman–Crippen MR) is 63.0 cm³/mol. The quantitative estimate of drug-likeness (QED) is 0.860. The summed E-state index contributed by atoms with van der Waals surface area (Å²) in [6.07, 6.45) is 0. The van der Waals surface area contributed by atoms with Crippen LogP contribution < -0.4 is 4.74 Å². The number of ether oxygens (including phenoxy) is 1. The molecule has 0 aliphatic carbocycles. The number of carboxylic acid groups (broad SMARTS) is 1. The van der Waals surface area contributed by atoms with Crippen LogP contribution >= 0.6 is 15.9 Å². The summed E-state index contributed by atoms with van der Waals surface area (Å²) in [5.74, 6) is -0.428. The van der Waals surface area contributed by atoms with Gasteiger partial charge in [-0.1, -0.05) is 12.1 Å². The van der Waals surface area contributed by atoms with E-state index in [1.165, 1.54) is 13.2 Å². The van der Waals surface area contributed by atoms with E-state index in [9.17, 15) is 4.79 Å². The first-order valence-electron chi connectivity index (χ1n) is 4.50. The normalized spacial score (nSPS) is 10.4. The molecule has 16 heavy (non-hydrogen) atoms. The maximum atomic E-state index is 11.1. The number of rotatable bonds is 2. The molecule has 2 aromatic rings. The van der Waals surface area contributed by atoms with Crippen molar-refractivity contribution in [3.8, 4) is 5.75 Å². The molecule has 0 saturated heterocycles. The van der Waals surface area contributed by atoms with E-state index in [2.05, 4.69) is 20.9 Å². The zero-order valence-electron chi connectivity index (χ0n) is 8.40. The molecule has 1 aromatic carbocycles. The van der Waals surface area contributed by atoms with Gasteiger partial charge in [0.05, 0.1) is 12.7 Å². The maximum absolute atomic E-state index is 11.1. The minimum absolute atomic E-state index is 0.204. The highest BCUT2D eigenvalue weighted by Gasteiger charge is 2.13. The molecule has 4 nitrogen and oxygen atoms in total. The van der Waals surface area contributed by atoms with Gasteiger partial charge in [-0.15, -0.1) is 0 Å². The number of aromatic nitrogens is 1. The van der Waals surface area contributed by atoms with Crippen molar-refractivity contribution in [1.82, 2.24) is 4.98 Å². The standard InChI is InChI=1S/C11H8BrNO3/c1-16-8-4-2-3-6-7(11(14)15)5-9(12)13-10(6)8/h2-5H,1H3,(H,14,15). The SMILES string of the molecule is COc1cccc2c(C(=O)O)cc(Br)nc12. The van der Waals surface area contributed by atoms with Crippen LogP contribution in [-0.2, 0) is 0 Å². The number of methoxy groups -OCH3 is 1. The van der Waals surface area contributed by atoms with E-state index in [-0.39, 0.29) is 5.56 Å². The van der Waals surface area contributed by atoms with Crippen LogP contribution in [0.2, 0.25) is 0 Å². The second-order valence-corrected chi connectivity index (χ2v) is 3.97. The highest BCUT2D eigenvalue weighted by Crippen LogP contribution is 2.28. The largest absolute Gasteiger partial charge is 0.494 e. The second kappa shape index (κ2) is 4.09. The molecule has 0 radical (unpaired) electrons. The molecular formula is C11H8BrNO3. The van der Waals surface area contributed by atoms with Gasteiger partial charge >= 0.3 is 5.97 Å². The lowest BCUT2D eigenvalue weighted by Gasteiger charge is -2.07. The van der Waals surface area contributed by atoms with Crippen LogP contribution in [0.15, 0.2) is 28.9 Å². The van der Waals surface area contributed by atoms with Crippen molar-refractivity contribution in [3.63, 3.8) is 0 Å². The zero-order valence-corrected chi connectivity index (χ0v) is 9.98. The summed E-state index contributed by atoms with van der Waals surface area (Å²) in [5, 5.41) is 9.65. The van der Waals surface area contributed by atoms with Crippen LogP contribution in [0, 0.1) is 0 Å². The van der Waals surface area contributed by atoms with Crippen LogP contribution in [0.25, 0.3) is 10.9 Å². The van der Waals surface area contributed by atoms with E-state index >= 15 is 0 Å². The van der Waals surface area contributed by atoms with E-state index in [1.807, 2.05) is 0 Å². The molecule has 82 valence electrons. The number of nitrogens with zero attached hydrogens (tertiary/aromatic N) is 1.